The molecule has 0 spiro atoms. The van der Waals surface area contributed by atoms with Gasteiger partial charge in [-0.05, 0) is 49.6 Å². The third-order valence-corrected chi connectivity index (χ3v) is 4.28. The molecular formula is C20H27N3O3. The van der Waals surface area contributed by atoms with Crippen molar-refractivity contribution in [1.29, 1.82) is 0 Å². The number of H-pyrrole nitrogens is 1. The number of aromatic nitrogens is 2. The van der Waals surface area contributed by atoms with E-state index in [0.717, 1.165) is 23.4 Å². The smallest absolute Gasteiger partial charge is 0.271 e. The van der Waals surface area contributed by atoms with E-state index in [2.05, 4.69) is 24.0 Å². The van der Waals surface area contributed by atoms with Crippen LogP contribution in [0.2, 0.25) is 0 Å². The van der Waals surface area contributed by atoms with Gasteiger partial charge >= 0.3 is 0 Å². The SMILES string of the molecule is CC(C)COc1ccc(-c2cc(C(=O)N3CCCO[C@H](C)C3)[nH]n2)cc1. The number of ether oxygens (including phenoxy) is 2. The summed E-state index contributed by atoms with van der Waals surface area (Å²) in [5, 5.41) is 7.18. The molecule has 0 unspecified atom stereocenters. The molecule has 1 saturated heterocycles. The summed E-state index contributed by atoms with van der Waals surface area (Å²) in [5.41, 5.74) is 2.21. The van der Waals surface area contributed by atoms with Crippen molar-refractivity contribution in [2.24, 2.45) is 5.92 Å². The van der Waals surface area contributed by atoms with E-state index in [1.54, 1.807) is 0 Å². The highest BCUT2D eigenvalue weighted by Gasteiger charge is 2.22. The van der Waals surface area contributed by atoms with Gasteiger partial charge in [0.2, 0.25) is 0 Å². The average Bonchev–Trinajstić information content (AvgIpc) is 3.02. The molecular weight excluding hydrogens is 330 g/mol. The highest BCUT2D eigenvalue weighted by Crippen LogP contribution is 2.22. The number of hydrogen-bond acceptors (Lipinski definition) is 4. The Bertz CT molecular complexity index is 724. The van der Waals surface area contributed by atoms with Gasteiger partial charge in [0.1, 0.15) is 11.4 Å². The summed E-state index contributed by atoms with van der Waals surface area (Å²) < 4.78 is 11.3. The lowest BCUT2D eigenvalue weighted by Gasteiger charge is -2.21. The molecule has 1 aromatic carbocycles. The van der Waals surface area contributed by atoms with E-state index in [1.807, 2.05) is 42.2 Å². The van der Waals surface area contributed by atoms with Gasteiger partial charge in [-0.25, -0.2) is 0 Å². The van der Waals surface area contributed by atoms with Crippen LogP contribution in [0.5, 0.6) is 5.75 Å². The number of nitrogens with zero attached hydrogens (tertiary/aromatic N) is 2. The molecule has 1 aromatic heterocycles. The number of nitrogens with one attached hydrogen (secondary N) is 1. The van der Waals surface area contributed by atoms with Gasteiger partial charge in [0, 0.05) is 25.3 Å². The van der Waals surface area contributed by atoms with E-state index >= 15 is 0 Å². The maximum absolute atomic E-state index is 12.7. The Balaban J connectivity index is 1.68. The second kappa shape index (κ2) is 8.36. The summed E-state index contributed by atoms with van der Waals surface area (Å²) in [4.78, 5) is 14.6. The fourth-order valence-corrected chi connectivity index (χ4v) is 2.91. The molecule has 1 atom stereocenters. The topological polar surface area (TPSA) is 67.4 Å². The van der Waals surface area contributed by atoms with E-state index in [-0.39, 0.29) is 12.0 Å². The van der Waals surface area contributed by atoms with Crippen molar-refractivity contribution in [1.82, 2.24) is 15.1 Å². The van der Waals surface area contributed by atoms with Crippen molar-refractivity contribution in [2.45, 2.75) is 33.3 Å². The zero-order valence-electron chi connectivity index (χ0n) is 15.7. The van der Waals surface area contributed by atoms with Crippen LogP contribution >= 0.6 is 0 Å². The molecule has 6 heteroatoms. The van der Waals surface area contributed by atoms with Gasteiger partial charge in [0.05, 0.1) is 18.4 Å². The Morgan fingerprint density at radius 1 is 1.38 bits per heavy atom. The van der Waals surface area contributed by atoms with Crippen LogP contribution in [0.4, 0.5) is 0 Å². The largest absolute Gasteiger partial charge is 0.493 e. The third-order valence-electron chi connectivity index (χ3n) is 4.28. The number of hydrogen-bond donors (Lipinski definition) is 1. The van der Waals surface area contributed by atoms with Crippen molar-refractivity contribution in [3.63, 3.8) is 0 Å². The number of benzene rings is 1. The lowest BCUT2D eigenvalue weighted by atomic mass is 10.1. The minimum absolute atomic E-state index is 0.0296. The Morgan fingerprint density at radius 2 is 2.15 bits per heavy atom. The van der Waals surface area contributed by atoms with E-state index < -0.39 is 0 Å². The maximum Gasteiger partial charge on any atom is 0.271 e. The molecule has 140 valence electrons. The van der Waals surface area contributed by atoms with Gasteiger partial charge < -0.3 is 14.4 Å². The van der Waals surface area contributed by atoms with E-state index in [4.69, 9.17) is 9.47 Å². The summed E-state index contributed by atoms with van der Waals surface area (Å²) in [6, 6.07) is 9.59. The second-order valence-electron chi connectivity index (χ2n) is 7.18. The summed E-state index contributed by atoms with van der Waals surface area (Å²) >= 11 is 0. The zero-order chi connectivity index (χ0) is 18.5. The van der Waals surface area contributed by atoms with Gasteiger partial charge in [-0.1, -0.05) is 13.8 Å². The lowest BCUT2D eigenvalue weighted by molar-refractivity contribution is 0.0559. The molecule has 6 nitrogen and oxygen atoms in total. The number of carbonyl (C=O) groups excluding carboxylic acids is 1. The summed E-state index contributed by atoms with van der Waals surface area (Å²) in [7, 11) is 0. The van der Waals surface area contributed by atoms with Crippen LogP contribution in [0.3, 0.4) is 0 Å². The highest BCUT2D eigenvalue weighted by atomic mass is 16.5. The second-order valence-corrected chi connectivity index (χ2v) is 7.18. The zero-order valence-corrected chi connectivity index (χ0v) is 15.7. The molecule has 0 saturated carbocycles. The van der Waals surface area contributed by atoms with Crippen LogP contribution in [0, 0.1) is 5.92 Å². The number of amides is 1. The maximum atomic E-state index is 12.7. The van der Waals surface area contributed by atoms with Gasteiger partial charge in [-0.2, -0.15) is 5.10 Å². The normalized spacial score (nSPS) is 18.0. The molecule has 0 bridgehead atoms. The molecule has 0 aliphatic carbocycles. The monoisotopic (exact) mass is 357 g/mol. The van der Waals surface area contributed by atoms with Crippen LogP contribution in [-0.2, 0) is 4.74 Å². The molecule has 26 heavy (non-hydrogen) atoms. The molecule has 2 heterocycles. The van der Waals surface area contributed by atoms with Crippen molar-refractivity contribution < 1.29 is 14.3 Å². The average molecular weight is 357 g/mol. The summed E-state index contributed by atoms with van der Waals surface area (Å²) in [5.74, 6) is 1.30. The molecule has 1 amide bonds. The van der Waals surface area contributed by atoms with Gasteiger partial charge in [-0.15, -0.1) is 0 Å². The summed E-state index contributed by atoms with van der Waals surface area (Å²) in [6.07, 6.45) is 0.914. The minimum atomic E-state index is -0.0296. The first-order valence-corrected chi connectivity index (χ1v) is 9.22. The van der Waals surface area contributed by atoms with Crippen molar-refractivity contribution in [2.75, 3.05) is 26.3 Å². The Hall–Kier alpha value is -2.34. The molecule has 1 fully saturated rings. The van der Waals surface area contributed by atoms with Crippen LogP contribution < -0.4 is 4.74 Å². The van der Waals surface area contributed by atoms with Crippen LogP contribution in [0.15, 0.2) is 30.3 Å². The predicted molar refractivity (Wildman–Crippen MR) is 100 cm³/mol. The number of aromatic amines is 1. The number of rotatable bonds is 5. The van der Waals surface area contributed by atoms with Crippen LogP contribution in [0.25, 0.3) is 11.3 Å². The first kappa shape index (κ1) is 18.5. The van der Waals surface area contributed by atoms with Crippen molar-refractivity contribution in [3.05, 3.63) is 36.0 Å². The lowest BCUT2D eigenvalue weighted by Crippen LogP contribution is -2.36. The Morgan fingerprint density at radius 3 is 2.88 bits per heavy atom. The summed E-state index contributed by atoms with van der Waals surface area (Å²) in [6.45, 7) is 8.94. The van der Waals surface area contributed by atoms with Gasteiger partial charge in [-0.3, -0.25) is 9.89 Å². The Labute approximate surface area is 154 Å². The molecule has 3 rings (SSSR count). The Kier molecular flexibility index (Phi) is 5.93. The fraction of sp³-hybridized carbons (Fsp3) is 0.500. The molecule has 2 aromatic rings. The van der Waals surface area contributed by atoms with Crippen molar-refractivity contribution >= 4 is 5.91 Å². The van der Waals surface area contributed by atoms with Crippen molar-refractivity contribution in [3.8, 4) is 17.0 Å². The van der Waals surface area contributed by atoms with E-state index in [9.17, 15) is 4.79 Å². The molecule has 1 N–H and O–H groups in total. The standard InChI is InChI=1S/C20H27N3O3/c1-14(2)13-26-17-7-5-16(6-8-17)18-11-19(22-21-18)20(24)23-9-4-10-25-15(3)12-23/h5-8,11,14-15H,4,9-10,12-13H2,1-3H3,(H,21,22)/t15-/m1/s1. The van der Waals surface area contributed by atoms with Gasteiger partial charge in [0.25, 0.3) is 5.91 Å². The van der Waals surface area contributed by atoms with Crippen LogP contribution in [0.1, 0.15) is 37.7 Å². The quantitative estimate of drug-likeness (QED) is 0.891. The highest BCUT2D eigenvalue weighted by molar-refractivity contribution is 5.93. The molecule has 0 radical (unpaired) electrons. The predicted octanol–water partition coefficient (Wildman–Crippen LogP) is 3.36. The van der Waals surface area contributed by atoms with Crippen LogP contribution in [-0.4, -0.2) is 53.4 Å². The van der Waals surface area contributed by atoms with Gasteiger partial charge in [0.15, 0.2) is 0 Å². The number of carbonyl (C=O) groups is 1. The first-order valence-electron chi connectivity index (χ1n) is 9.22. The first-order chi connectivity index (χ1) is 12.5. The minimum Gasteiger partial charge on any atom is -0.493 e. The molecule has 1 aliphatic heterocycles. The third kappa shape index (κ3) is 4.64. The molecule has 1 aliphatic rings. The van der Waals surface area contributed by atoms with E-state index in [0.29, 0.717) is 37.9 Å². The fourth-order valence-electron chi connectivity index (χ4n) is 2.91. The van der Waals surface area contributed by atoms with E-state index in [1.165, 1.54) is 0 Å².